The highest BCUT2D eigenvalue weighted by Crippen LogP contribution is 2.25. The molecule has 3 N–H and O–H groups in total. The molecule has 3 aromatic rings. The lowest BCUT2D eigenvalue weighted by Crippen LogP contribution is -2.24. The first kappa shape index (κ1) is 14.3. The van der Waals surface area contributed by atoms with E-state index in [1.807, 2.05) is 17.5 Å². The highest BCUT2D eigenvalue weighted by atomic mass is 32.1. The zero-order valence-corrected chi connectivity index (χ0v) is 13.0. The number of hydrogen-bond donors (Lipinski definition) is 2. The van der Waals surface area contributed by atoms with Gasteiger partial charge in [-0.1, -0.05) is 12.1 Å². The molecular weight excluding hydrogens is 328 g/mol. The lowest BCUT2D eigenvalue weighted by Gasteiger charge is -2.12. The molecular formula is C16H10N4O3S. The third kappa shape index (κ3) is 2.04. The van der Waals surface area contributed by atoms with Crippen molar-refractivity contribution in [1.29, 1.82) is 0 Å². The minimum absolute atomic E-state index is 0.0119. The first-order valence-electron chi connectivity index (χ1n) is 6.96. The lowest BCUT2D eigenvalue weighted by molar-refractivity contribution is 0.0880. The van der Waals surface area contributed by atoms with Crippen molar-refractivity contribution in [3.63, 3.8) is 0 Å². The molecule has 2 amide bonds. The van der Waals surface area contributed by atoms with Gasteiger partial charge in [-0.25, -0.2) is 4.98 Å². The fourth-order valence-electron chi connectivity index (χ4n) is 2.68. The van der Waals surface area contributed by atoms with Crippen LogP contribution in [-0.2, 0) is 0 Å². The van der Waals surface area contributed by atoms with E-state index in [4.69, 9.17) is 5.73 Å². The first-order valence-corrected chi connectivity index (χ1v) is 7.91. The van der Waals surface area contributed by atoms with E-state index in [9.17, 15) is 14.4 Å². The van der Waals surface area contributed by atoms with Crippen LogP contribution in [0.4, 0.5) is 5.82 Å². The number of imide groups is 1. The monoisotopic (exact) mass is 338 g/mol. The molecule has 0 bridgehead atoms. The Balaban J connectivity index is 1.86. The minimum atomic E-state index is -0.607. The second-order valence-corrected chi connectivity index (χ2v) is 5.91. The molecule has 4 rings (SSSR count). The summed E-state index contributed by atoms with van der Waals surface area (Å²) >= 11 is 1.49. The van der Waals surface area contributed by atoms with Gasteiger partial charge in [-0.05, 0) is 12.1 Å². The Kier molecular flexibility index (Phi) is 3.07. The summed E-state index contributed by atoms with van der Waals surface area (Å²) in [6, 6.07) is 8.19. The summed E-state index contributed by atoms with van der Waals surface area (Å²) < 4.78 is 1.21. The molecule has 0 fully saturated rings. The molecule has 0 radical (unpaired) electrons. The van der Waals surface area contributed by atoms with Gasteiger partial charge in [0, 0.05) is 17.0 Å². The number of nitrogens with zero attached hydrogens (tertiary/aromatic N) is 2. The number of aromatic nitrogens is 2. The number of carbonyl (C=O) groups is 2. The number of pyridine rings is 1. The second-order valence-electron chi connectivity index (χ2n) is 5.20. The van der Waals surface area contributed by atoms with E-state index in [1.54, 1.807) is 17.6 Å². The van der Waals surface area contributed by atoms with E-state index in [1.165, 1.54) is 15.9 Å². The van der Waals surface area contributed by atoms with Crippen LogP contribution in [0.25, 0.3) is 16.9 Å². The maximum absolute atomic E-state index is 12.3. The number of nitrogens with one attached hydrogen (secondary N) is 1. The van der Waals surface area contributed by atoms with Crippen LogP contribution in [0.3, 0.4) is 0 Å². The zero-order chi connectivity index (χ0) is 16.8. The second kappa shape index (κ2) is 5.14. The number of fused-ring (bicyclic) bond motifs is 1. The van der Waals surface area contributed by atoms with E-state index in [0.29, 0.717) is 5.69 Å². The molecule has 3 heterocycles. The number of rotatable bonds is 2. The summed E-state index contributed by atoms with van der Waals surface area (Å²) in [5, 5.41) is 4.06. The first-order chi connectivity index (χ1) is 11.6. The highest BCUT2D eigenvalue weighted by Gasteiger charge is 2.31. The predicted molar refractivity (Wildman–Crippen MR) is 89.4 cm³/mol. The molecule has 24 heavy (non-hydrogen) atoms. The van der Waals surface area contributed by atoms with Crippen LogP contribution in [0.15, 0.2) is 46.0 Å². The highest BCUT2D eigenvalue weighted by molar-refractivity contribution is 7.07. The van der Waals surface area contributed by atoms with Gasteiger partial charge in [0.2, 0.25) is 0 Å². The molecule has 0 atom stereocenters. The van der Waals surface area contributed by atoms with Crippen LogP contribution in [0.2, 0.25) is 0 Å². The number of anilines is 1. The Hall–Kier alpha value is -3.26. The number of amides is 2. The third-order valence-corrected chi connectivity index (χ3v) is 4.39. The Morgan fingerprint density at radius 2 is 1.83 bits per heavy atom. The Morgan fingerprint density at radius 1 is 1.08 bits per heavy atom. The average Bonchev–Trinajstić information content (AvgIpc) is 3.17. The van der Waals surface area contributed by atoms with Crippen molar-refractivity contribution in [3.05, 3.63) is 62.7 Å². The molecule has 0 saturated heterocycles. The topological polar surface area (TPSA) is 107 Å². The van der Waals surface area contributed by atoms with Gasteiger partial charge in [0.1, 0.15) is 5.82 Å². The smallest absolute Gasteiger partial charge is 0.262 e. The molecule has 1 aliphatic heterocycles. The van der Waals surface area contributed by atoms with Crippen LogP contribution in [-0.4, -0.2) is 21.4 Å². The van der Waals surface area contributed by atoms with Crippen molar-refractivity contribution >= 4 is 29.0 Å². The maximum Gasteiger partial charge on any atom is 0.262 e. The van der Waals surface area contributed by atoms with E-state index in [2.05, 4.69) is 10.3 Å². The van der Waals surface area contributed by atoms with Gasteiger partial charge in [-0.3, -0.25) is 24.3 Å². The maximum atomic E-state index is 12.3. The van der Waals surface area contributed by atoms with Crippen molar-refractivity contribution in [3.8, 4) is 16.9 Å². The molecule has 1 aromatic carbocycles. The Morgan fingerprint density at radius 3 is 2.50 bits per heavy atom. The van der Waals surface area contributed by atoms with E-state index in [0.717, 1.165) is 17.3 Å². The van der Waals surface area contributed by atoms with Crippen LogP contribution in [0, 0.1) is 0 Å². The van der Waals surface area contributed by atoms with Crippen molar-refractivity contribution in [2.24, 2.45) is 0 Å². The number of carbonyl (C=O) groups excluding carboxylic acids is 2. The van der Waals surface area contributed by atoms with Gasteiger partial charge >= 0.3 is 0 Å². The fraction of sp³-hybridized carbons (Fsp3) is 0. The SMILES string of the molecule is Nc1c2c(cc(=O)n1-c1ccc(-c3cscn3)cc1)C(=O)NC2=O. The van der Waals surface area contributed by atoms with Crippen LogP contribution >= 0.6 is 11.3 Å². The molecule has 7 nitrogen and oxygen atoms in total. The number of nitrogens with two attached hydrogens (primary N) is 1. The molecule has 0 aliphatic carbocycles. The Labute approximate surface area is 139 Å². The van der Waals surface area contributed by atoms with Gasteiger partial charge in [0.25, 0.3) is 17.4 Å². The van der Waals surface area contributed by atoms with E-state index >= 15 is 0 Å². The van der Waals surface area contributed by atoms with E-state index < -0.39 is 17.4 Å². The van der Waals surface area contributed by atoms with Crippen LogP contribution in [0.5, 0.6) is 0 Å². The van der Waals surface area contributed by atoms with Crippen molar-refractivity contribution < 1.29 is 9.59 Å². The van der Waals surface area contributed by atoms with E-state index in [-0.39, 0.29) is 16.9 Å². The summed E-state index contributed by atoms with van der Waals surface area (Å²) in [4.78, 5) is 40.1. The molecule has 0 saturated carbocycles. The summed E-state index contributed by atoms with van der Waals surface area (Å²) in [5.41, 5.74) is 9.55. The Bertz CT molecular complexity index is 1040. The average molecular weight is 338 g/mol. The van der Waals surface area contributed by atoms with Crippen molar-refractivity contribution in [2.45, 2.75) is 0 Å². The minimum Gasteiger partial charge on any atom is -0.384 e. The normalized spacial score (nSPS) is 13.0. The van der Waals surface area contributed by atoms with Gasteiger partial charge in [-0.15, -0.1) is 11.3 Å². The summed E-state index contributed by atoms with van der Waals surface area (Å²) in [5.74, 6) is -1.26. The number of hydrogen-bond acceptors (Lipinski definition) is 6. The standard InChI is InChI=1S/C16H10N4O3S/c17-14-13-10(15(22)19-16(13)23)5-12(21)20(14)9-3-1-8(2-4-9)11-6-24-7-18-11/h1-7H,17H2,(H,19,22,23). The van der Waals surface area contributed by atoms with Gasteiger partial charge in [0.05, 0.1) is 28.0 Å². The largest absolute Gasteiger partial charge is 0.384 e. The van der Waals surface area contributed by atoms with Crippen LogP contribution in [0.1, 0.15) is 20.7 Å². The van der Waals surface area contributed by atoms with Gasteiger partial charge in [-0.2, -0.15) is 0 Å². The van der Waals surface area contributed by atoms with Crippen LogP contribution < -0.4 is 16.6 Å². The molecule has 2 aromatic heterocycles. The molecule has 0 unspecified atom stereocenters. The number of benzene rings is 1. The quantitative estimate of drug-likeness (QED) is 0.687. The molecule has 8 heteroatoms. The number of nitrogen functional groups attached to an aromatic ring is 1. The third-order valence-electron chi connectivity index (χ3n) is 3.81. The fourth-order valence-corrected chi connectivity index (χ4v) is 3.24. The van der Waals surface area contributed by atoms with Crippen molar-refractivity contribution in [2.75, 3.05) is 5.73 Å². The lowest BCUT2D eigenvalue weighted by atomic mass is 10.1. The van der Waals surface area contributed by atoms with Crippen molar-refractivity contribution in [1.82, 2.24) is 14.9 Å². The van der Waals surface area contributed by atoms with Gasteiger partial charge < -0.3 is 5.73 Å². The summed E-state index contributed by atoms with van der Waals surface area (Å²) in [6.07, 6.45) is 0. The summed E-state index contributed by atoms with van der Waals surface area (Å²) in [6.45, 7) is 0. The summed E-state index contributed by atoms with van der Waals surface area (Å²) in [7, 11) is 0. The molecule has 0 spiro atoms. The molecule has 1 aliphatic rings. The zero-order valence-electron chi connectivity index (χ0n) is 12.1. The predicted octanol–water partition coefficient (Wildman–Crippen LogP) is 1.43. The number of thiazole rings is 1. The molecule has 118 valence electrons. The van der Waals surface area contributed by atoms with Gasteiger partial charge in [0.15, 0.2) is 0 Å².